The van der Waals surface area contributed by atoms with E-state index in [0.29, 0.717) is 13.0 Å². The highest BCUT2D eigenvalue weighted by Crippen LogP contribution is 2.34. The molecular formula is C11H22O5. The highest BCUT2D eigenvalue weighted by Gasteiger charge is 2.46. The van der Waals surface area contributed by atoms with Gasteiger partial charge < -0.3 is 24.1 Å². The van der Waals surface area contributed by atoms with Gasteiger partial charge in [0.1, 0.15) is 6.10 Å². The molecule has 5 heteroatoms. The van der Waals surface area contributed by atoms with Crippen molar-refractivity contribution >= 4 is 0 Å². The van der Waals surface area contributed by atoms with Crippen molar-refractivity contribution in [1.82, 2.24) is 0 Å². The van der Waals surface area contributed by atoms with Crippen LogP contribution in [0.2, 0.25) is 0 Å². The third-order valence-electron chi connectivity index (χ3n) is 3.29. The van der Waals surface area contributed by atoms with Crippen LogP contribution in [-0.2, 0) is 18.9 Å². The van der Waals surface area contributed by atoms with Crippen LogP contribution in [0.15, 0.2) is 0 Å². The Labute approximate surface area is 96.6 Å². The molecule has 1 rings (SSSR count). The van der Waals surface area contributed by atoms with Gasteiger partial charge in [0.25, 0.3) is 0 Å². The smallest absolute Gasteiger partial charge is 0.109 e. The first-order valence-electron chi connectivity index (χ1n) is 5.45. The largest absolute Gasteiger partial charge is 0.390 e. The molecule has 0 heterocycles. The molecule has 0 amide bonds. The standard InChI is InChI=1S/C11H22O5/c1-13-6-9(14-2)7-5-8(12)11(16-4)10(7)15-3/h7-12H,5-6H2,1-4H3. The number of methoxy groups -OCH3 is 4. The molecular weight excluding hydrogens is 212 g/mol. The Kier molecular flexibility index (Phi) is 5.64. The second kappa shape index (κ2) is 6.51. The van der Waals surface area contributed by atoms with Crippen molar-refractivity contribution < 1.29 is 24.1 Å². The van der Waals surface area contributed by atoms with Gasteiger partial charge in [-0.15, -0.1) is 0 Å². The first-order chi connectivity index (χ1) is 7.69. The maximum absolute atomic E-state index is 9.87. The van der Waals surface area contributed by atoms with Crippen molar-refractivity contribution in [3.8, 4) is 0 Å². The Balaban J connectivity index is 2.71. The van der Waals surface area contributed by atoms with E-state index in [9.17, 15) is 5.11 Å². The molecule has 1 fully saturated rings. The number of ether oxygens (including phenoxy) is 4. The van der Waals surface area contributed by atoms with Gasteiger partial charge in [-0.25, -0.2) is 0 Å². The average Bonchev–Trinajstić information content (AvgIpc) is 2.61. The Morgan fingerprint density at radius 2 is 1.75 bits per heavy atom. The fraction of sp³-hybridized carbons (Fsp3) is 1.00. The minimum absolute atomic E-state index is 0.0789. The molecule has 1 saturated carbocycles. The van der Waals surface area contributed by atoms with Crippen molar-refractivity contribution in [2.24, 2.45) is 5.92 Å². The second-order valence-electron chi connectivity index (χ2n) is 4.10. The van der Waals surface area contributed by atoms with Crippen LogP contribution < -0.4 is 0 Å². The first kappa shape index (κ1) is 13.9. The minimum atomic E-state index is -0.505. The molecule has 0 saturated heterocycles. The molecule has 0 radical (unpaired) electrons. The first-order valence-corrected chi connectivity index (χ1v) is 5.45. The zero-order chi connectivity index (χ0) is 12.1. The lowest BCUT2D eigenvalue weighted by atomic mass is 9.98. The lowest BCUT2D eigenvalue weighted by molar-refractivity contribution is -0.0937. The van der Waals surface area contributed by atoms with Crippen LogP contribution in [0.5, 0.6) is 0 Å². The maximum atomic E-state index is 9.87. The van der Waals surface area contributed by atoms with E-state index in [-0.39, 0.29) is 24.2 Å². The average molecular weight is 234 g/mol. The molecule has 0 aromatic rings. The summed E-state index contributed by atoms with van der Waals surface area (Å²) in [5.41, 5.74) is 0. The summed E-state index contributed by atoms with van der Waals surface area (Å²) in [6.45, 7) is 0.490. The molecule has 1 N–H and O–H groups in total. The SMILES string of the molecule is COCC(OC)C1CC(O)C(OC)C1OC. The summed E-state index contributed by atoms with van der Waals surface area (Å²) in [5, 5.41) is 9.87. The Hall–Kier alpha value is -0.200. The van der Waals surface area contributed by atoms with E-state index in [1.807, 2.05) is 0 Å². The third-order valence-corrected chi connectivity index (χ3v) is 3.29. The number of hydrogen-bond acceptors (Lipinski definition) is 5. The van der Waals surface area contributed by atoms with Crippen LogP contribution in [0, 0.1) is 5.92 Å². The van der Waals surface area contributed by atoms with Crippen LogP contribution >= 0.6 is 0 Å². The topological polar surface area (TPSA) is 57.2 Å². The molecule has 0 bridgehead atoms. The molecule has 0 aliphatic heterocycles. The second-order valence-corrected chi connectivity index (χ2v) is 4.10. The zero-order valence-corrected chi connectivity index (χ0v) is 10.4. The summed E-state index contributed by atoms with van der Waals surface area (Å²) in [6.07, 6.45) is -0.414. The summed E-state index contributed by atoms with van der Waals surface area (Å²) < 4.78 is 21.1. The van der Waals surface area contributed by atoms with Crippen molar-refractivity contribution in [2.75, 3.05) is 35.0 Å². The summed E-state index contributed by atoms with van der Waals surface area (Å²) >= 11 is 0. The Morgan fingerprint density at radius 3 is 2.19 bits per heavy atom. The summed E-state index contributed by atoms with van der Waals surface area (Å²) in [5.74, 6) is 0.0925. The molecule has 1 aliphatic carbocycles. The van der Waals surface area contributed by atoms with Gasteiger partial charge in [0.2, 0.25) is 0 Å². The number of aliphatic hydroxyl groups is 1. The van der Waals surface area contributed by atoms with Crippen LogP contribution in [-0.4, -0.2) is 64.6 Å². The quantitative estimate of drug-likeness (QED) is 0.704. The fourth-order valence-corrected chi connectivity index (χ4v) is 2.50. The molecule has 1 aliphatic rings. The van der Waals surface area contributed by atoms with Crippen LogP contribution in [0.3, 0.4) is 0 Å². The van der Waals surface area contributed by atoms with Gasteiger partial charge >= 0.3 is 0 Å². The zero-order valence-electron chi connectivity index (χ0n) is 10.4. The lowest BCUT2D eigenvalue weighted by Crippen LogP contribution is -2.39. The van der Waals surface area contributed by atoms with E-state index in [0.717, 1.165) is 0 Å². The number of rotatable bonds is 6. The lowest BCUT2D eigenvalue weighted by Gasteiger charge is -2.28. The molecule has 5 nitrogen and oxygen atoms in total. The van der Waals surface area contributed by atoms with Crippen LogP contribution in [0.25, 0.3) is 0 Å². The van der Waals surface area contributed by atoms with Crippen LogP contribution in [0.4, 0.5) is 0 Å². The van der Waals surface area contributed by atoms with E-state index >= 15 is 0 Å². The molecule has 0 aromatic carbocycles. The monoisotopic (exact) mass is 234 g/mol. The van der Waals surface area contributed by atoms with Gasteiger partial charge in [-0.1, -0.05) is 0 Å². The molecule has 16 heavy (non-hydrogen) atoms. The fourth-order valence-electron chi connectivity index (χ4n) is 2.50. The van der Waals surface area contributed by atoms with Gasteiger partial charge in [0.05, 0.1) is 24.9 Å². The predicted molar refractivity (Wildman–Crippen MR) is 58.4 cm³/mol. The normalized spacial score (nSPS) is 36.6. The third kappa shape index (κ3) is 2.73. The van der Waals surface area contributed by atoms with Gasteiger partial charge in [-0.3, -0.25) is 0 Å². The summed E-state index contributed by atoms with van der Waals surface area (Å²) in [7, 11) is 6.48. The van der Waals surface area contributed by atoms with E-state index in [2.05, 4.69) is 0 Å². The van der Waals surface area contributed by atoms with E-state index in [4.69, 9.17) is 18.9 Å². The maximum Gasteiger partial charge on any atom is 0.109 e. The van der Waals surface area contributed by atoms with Crippen molar-refractivity contribution in [3.05, 3.63) is 0 Å². The molecule has 0 aromatic heterocycles. The molecule has 5 atom stereocenters. The molecule has 96 valence electrons. The summed E-state index contributed by atoms with van der Waals surface area (Å²) in [6, 6.07) is 0. The highest BCUT2D eigenvalue weighted by molar-refractivity contribution is 4.96. The highest BCUT2D eigenvalue weighted by atomic mass is 16.5. The molecule has 0 spiro atoms. The van der Waals surface area contributed by atoms with Gasteiger partial charge in [-0.05, 0) is 6.42 Å². The summed E-state index contributed by atoms with van der Waals surface area (Å²) in [4.78, 5) is 0. The Morgan fingerprint density at radius 1 is 1.12 bits per heavy atom. The van der Waals surface area contributed by atoms with Gasteiger partial charge in [0.15, 0.2) is 0 Å². The number of aliphatic hydroxyl groups excluding tert-OH is 1. The minimum Gasteiger partial charge on any atom is -0.390 e. The number of hydrogen-bond donors (Lipinski definition) is 1. The van der Waals surface area contributed by atoms with Crippen molar-refractivity contribution in [3.63, 3.8) is 0 Å². The van der Waals surface area contributed by atoms with E-state index in [1.165, 1.54) is 0 Å². The van der Waals surface area contributed by atoms with E-state index < -0.39 is 6.10 Å². The van der Waals surface area contributed by atoms with Gasteiger partial charge in [0, 0.05) is 34.4 Å². The van der Waals surface area contributed by atoms with Crippen LogP contribution in [0.1, 0.15) is 6.42 Å². The van der Waals surface area contributed by atoms with Crippen molar-refractivity contribution in [1.29, 1.82) is 0 Å². The predicted octanol–water partition coefficient (Wildman–Crippen LogP) is 0.0586. The Bertz CT molecular complexity index is 199. The van der Waals surface area contributed by atoms with E-state index in [1.54, 1.807) is 28.4 Å². The molecule has 5 unspecified atom stereocenters. The van der Waals surface area contributed by atoms with Gasteiger partial charge in [-0.2, -0.15) is 0 Å². The van der Waals surface area contributed by atoms with Crippen molar-refractivity contribution in [2.45, 2.75) is 30.8 Å².